The number of carbonyl (C=O) groups excluding carboxylic acids is 1. The third-order valence-electron chi connectivity index (χ3n) is 13.0. The highest BCUT2D eigenvalue weighted by atomic mass is 16.4. The summed E-state index contributed by atoms with van der Waals surface area (Å²) >= 11 is 0. The van der Waals surface area contributed by atoms with Crippen LogP contribution in [-0.4, -0.2) is 28.1 Å². The molecule has 0 spiro atoms. The Bertz CT molecular complexity index is 1030. The number of hydrogen-bond donors (Lipinski definition) is 2. The van der Waals surface area contributed by atoms with E-state index in [9.17, 15) is 19.8 Å². The van der Waals surface area contributed by atoms with Crippen molar-refractivity contribution in [2.75, 3.05) is 0 Å². The highest BCUT2D eigenvalue weighted by molar-refractivity contribution is 6.01. The van der Waals surface area contributed by atoms with Crippen molar-refractivity contribution in [3.63, 3.8) is 0 Å². The van der Waals surface area contributed by atoms with Gasteiger partial charge in [0.1, 0.15) is 0 Å². The number of carboxylic acids is 1. The number of aliphatic hydroxyl groups excluding tert-OH is 1. The molecule has 5 aliphatic carbocycles. The molecule has 5 rings (SSSR count). The molecular weight excluding hydrogens is 448 g/mol. The van der Waals surface area contributed by atoms with E-state index < -0.39 is 11.4 Å². The number of rotatable bonds is 3. The molecule has 5 aliphatic rings. The number of Topliss-reactive ketones (excluding diaryl/α,β-unsaturated/α-hetero) is 1. The normalized spacial score (nSPS) is 48.0. The number of fused-ring (bicyclic) bond motifs is 7. The van der Waals surface area contributed by atoms with E-state index in [1.165, 1.54) is 18.1 Å². The van der Waals surface area contributed by atoms with Gasteiger partial charge in [0.15, 0.2) is 5.78 Å². The predicted octanol–water partition coefficient (Wildman–Crippen LogP) is 6.97. The second-order valence-corrected chi connectivity index (χ2v) is 14.9. The molecular formula is C32H48O4. The van der Waals surface area contributed by atoms with E-state index in [1.54, 1.807) is 0 Å². The number of carbonyl (C=O) groups is 2. The fraction of sp³-hybridized carbons (Fsp3) is 0.812. The average molecular weight is 497 g/mol. The SMILES string of the molecule is CC(C)C1=C2[C@H]3CC[C@@H]4C5(C)CC[C@H](O)C(C)(C)[C@@H]5CC[C@@]4(C)[C@]3(C)CC[C@@]2(/C=C/C(=O)O)CC1=O. The molecule has 0 amide bonds. The number of allylic oxidation sites excluding steroid dienone is 3. The van der Waals surface area contributed by atoms with Gasteiger partial charge >= 0.3 is 5.97 Å². The van der Waals surface area contributed by atoms with E-state index in [4.69, 9.17) is 0 Å². The molecule has 4 saturated carbocycles. The maximum atomic E-state index is 13.5. The lowest BCUT2D eigenvalue weighted by Gasteiger charge is -2.72. The van der Waals surface area contributed by atoms with Gasteiger partial charge in [0.25, 0.3) is 0 Å². The van der Waals surface area contributed by atoms with E-state index >= 15 is 0 Å². The van der Waals surface area contributed by atoms with Gasteiger partial charge in [0.05, 0.1) is 6.10 Å². The number of aliphatic carboxylic acids is 1. The molecule has 0 aromatic carbocycles. The Balaban J connectivity index is 1.61. The molecule has 1 unspecified atom stereocenters. The van der Waals surface area contributed by atoms with Crippen molar-refractivity contribution in [3.8, 4) is 0 Å². The Morgan fingerprint density at radius 1 is 0.917 bits per heavy atom. The van der Waals surface area contributed by atoms with Crippen LogP contribution in [0.1, 0.15) is 106 Å². The molecule has 0 aromatic heterocycles. The van der Waals surface area contributed by atoms with Crippen LogP contribution in [0.3, 0.4) is 0 Å². The van der Waals surface area contributed by atoms with Crippen molar-refractivity contribution in [2.24, 2.45) is 50.7 Å². The Kier molecular flexibility index (Phi) is 5.85. The van der Waals surface area contributed by atoms with Crippen LogP contribution in [0.25, 0.3) is 0 Å². The molecule has 0 radical (unpaired) electrons. The third-order valence-corrected chi connectivity index (χ3v) is 13.0. The van der Waals surface area contributed by atoms with Crippen LogP contribution in [0.15, 0.2) is 23.3 Å². The highest BCUT2D eigenvalue weighted by Crippen LogP contribution is 2.76. The van der Waals surface area contributed by atoms with Gasteiger partial charge in [-0.2, -0.15) is 0 Å². The molecule has 0 heterocycles. The summed E-state index contributed by atoms with van der Waals surface area (Å²) in [5.74, 6) is 0.953. The number of ketones is 1. The van der Waals surface area contributed by atoms with Crippen LogP contribution in [0.2, 0.25) is 0 Å². The first-order valence-electron chi connectivity index (χ1n) is 14.5. The van der Waals surface area contributed by atoms with Crippen molar-refractivity contribution >= 4 is 11.8 Å². The monoisotopic (exact) mass is 496 g/mol. The summed E-state index contributed by atoms with van der Waals surface area (Å²) in [4.78, 5) is 25.0. The summed E-state index contributed by atoms with van der Waals surface area (Å²) < 4.78 is 0. The first-order chi connectivity index (χ1) is 16.6. The lowest BCUT2D eigenvalue weighted by Crippen LogP contribution is -2.65. The predicted molar refractivity (Wildman–Crippen MR) is 142 cm³/mol. The van der Waals surface area contributed by atoms with E-state index in [-0.39, 0.29) is 39.5 Å². The van der Waals surface area contributed by atoms with Crippen molar-refractivity contribution in [3.05, 3.63) is 23.3 Å². The van der Waals surface area contributed by atoms with Gasteiger partial charge in [-0.1, -0.05) is 54.5 Å². The van der Waals surface area contributed by atoms with Crippen LogP contribution in [0.5, 0.6) is 0 Å². The first-order valence-corrected chi connectivity index (χ1v) is 14.5. The highest BCUT2D eigenvalue weighted by Gasteiger charge is 2.69. The Hall–Kier alpha value is -1.42. The van der Waals surface area contributed by atoms with E-state index in [0.717, 1.165) is 50.5 Å². The van der Waals surface area contributed by atoms with Crippen LogP contribution >= 0.6 is 0 Å². The number of hydrogen-bond acceptors (Lipinski definition) is 3. The Morgan fingerprint density at radius 3 is 2.25 bits per heavy atom. The summed E-state index contributed by atoms with van der Waals surface area (Å²) in [6, 6.07) is 0. The minimum atomic E-state index is -0.925. The zero-order valence-corrected chi connectivity index (χ0v) is 23.6. The third kappa shape index (κ3) is 3.21. The molecule has 2 N–H and O–H groups in total. The van der Waals surface area contributed by atoms with E-state index in [0.29, 0.717) is 24.2 Å². The maximum Gasteiger partial charge on any atom is 0.328 e. The average Bonchev–Trinajstić information content (AvgIpc) is 3.08. The van der Waals surface area contributed by atoms with Gasteiger partial charge in [0, 0.05) is 17.9 Å². The molecule has 36 heavy (non-hydrogen) atoms. The van der Waals surface area contributed by atoms with E-state index in [1.807, 2.05) is 6.08 Å². The topological polar surface area (TPSA) is 74.6 Å². The molecule has 0 aliphatic heterocycles. The quantitative estimate of drug-likeness (QED) is 0.414. The van der Waals surface area contributed by atoms with Crippen LogP contribution in [-0.2, 0) is 9.59 Å². The Morgan fingerprint density at radius 2 is 1.61 bits per heavy atom. The number of aliphatic hydroxyl groups is 1. The summed E-state index contributed by atoms with van der Waals surface area (Å²) in [5, 5.41) is 20.4. The van der Waals surface area contributed by atoms with Crippen molar-refractivity contribution in [2.45, 2.75) is 112 Å². The fourth-order valence-electron chi connectivity index (χ4n) is 11.1. The van der Waals surface area contributed by atoms with Crippen LogP contribution < -0.4 is 0 Å². The lowest BCUT2D eigenvalue weighted by atomic mass is 9.33. The molecule has 4 heteroatoms. The summed E-state index contributed by atoms with van der Waals surface area (Å²) in [6.45, 7) is 16.5. The zero-order chi connectivity index (χ0) is 26.5. The van der Waals surface area contributed by atoms with Crippen LogP contribution in [0.4, 0.5) is 0 Å². The van der Waals surface area contributed by atoms with E-state index in [2.05, 4.69) is 48.5 Å². The molecule has 200 valence electrons. The van der Waals surface area contributed by atoms with Crippen molar-refractivity contribution in [1.82, 2.24) is 0 Å². The van der Waals surface area contributed by atoms with Crippen LogP contribution in [0, 0.1) is 50.7 Å². The van der Waals surface area contributed by atoms with Gasteiger partial charge < -0.3 is 10.2 Å². The second-order valence-electron chi connectivity index (χ2n) is 14.9. The van der Waals surface area contributed by atoms with Gasteiger partial charge in [-0.05, 0) is 108 Å². The summed E-state index contributed by atoms with van der Waals surface area (Å²) in [7, 11) is 0. The molecule has 0 bridgehead atoms. The zero-order valence-electron chi connectivity index (χ0n) is 23.6. The summed E-state index contributed by atoms with van der Waals surface area (Å²) in [5.41, 5.74) is 2.32. The Labute approximate surface area is 218 Å². The molecule has 4 nitrogen and oxygen atoms in total. The van der Waals surface area contributed by atoms with Crippen molar-refractivity contribution in [1.29, 1.82) is 0 Å². The second kappa shape index (κ2) is 8.04. The minimum Gasteiger partial charge on any atom is -0.478 e. The minimum absolute atomic E-state index is 0.0549. The smallest absolute Gasteiger partial charge is 0.328 e. The molecule has 4 fully saturated rings. The standard InChI is InChI=1S/C32H48O4/c1-19(2)26-21(33)18-32(15-12-25(35)36)17-16-30(6)20(27(26)32)8-9-23-29(5)13-11-24(34)28(3,4)22(29)10-14-31(23,30)7/h12,15,19-20,22-24,34H,8-11,13-14,16-18H2,1-7H3,(H,35,36)/b15-12+/t20-,22+,23-,24+,29?,30-,31-,32+/m1/s1. The summed E-state index contributed by atoms with van der Waals surface area (Å²) in [6.07, 6.45) is 11.9. The fourth-order valence-corrected chi connectivity index (χ4v) is 11.1. The van der Waals surface area contributed by atoms with Gasteiger partial charge in [0.2, 0.25) is 0 Å². The maximum absolute atomic E-state index is 13.5. The van der Waals surface area contributed by atoms with Gasteiger partial charge in [-0.25, -0.2) is 4.79 Å². The van der Waals surface area contributed by atoms with Gasteiger partial charge in [-0.15, -0.1) is 0 Å². The number of carboxylic acid groups (broad SMARTS) is 1. The van der Waals surface area contributed by atoms with Crippen molar-refractivity contribution < 1.29 is 19.8 Å². The molecule has 8 atom stereocenters. The first kappa shape index (κ1) is 26.2. The van der Waals surface area contributed by atoms with Gasteiger partial charge in [-0.3, -0.25) is 4.79 Å². The molecule has 0 saturated heterocycles. The largest absolute Gasteiger partial charge is 0.478 e. The lowest BCUT2D eigenvalue weighted by molar-refractivity contribution is -0.227. The molecule has 0 aromatic rings.